The molecule has 2 aliphatic rings. The van der Waals surface area contributed by atoms with Crippen LogP contribution in [0.1, 0.15) is 27.7 Å². The van der Waals surface area contributed by atoms with E-state index in [-0.39, 0.29) is 25.5 Å². The third kappa shape index (κ3) is 3.30. The Morgan fingerprint density at radius 3 is 2.66 bits per heavy atom. The summed E-state index contributed by atoms with van der Waals surface area (Å²) < 4.78 is 21.5. The van der Waals surface area contributed by atoms with Gasteiger partial charge in [-0.2, -0.15) is 0 Å². The summed E-state index contributed by atoms with van der Waals surface area (Å²) in [6, 6.07) is 14.6. The summed E-state index contributed by atoms with van der Waals surface area (Å²) in [6.07, 6.45) is 5.00. The van der Waals surface area contributed by atoms with Crippen LogP contribution in [0.3, 0.4) is 0 Å². The molecular weight excluding hydrogens is 413 g/mol. The third-order valence-electron chi connectivity index (χ3n) is 5.65. The number of carbonyl (C=O) groups is 1. The third-order valence-corrected chi connectivity index (χ3v) is 5.65. The van der Waals surface area contributed by atoms with Crippen molar-refractivity contribution in [3.63, 3.8) is 0 Å². The number of hydrogen-bond donors (Lipinski definition) is 1. The summed E-state index contributed by atoms with van der Waals surface area (Å²) in [5.74, 6) is -1.10. The number of aromatic hydroxyl groups is 1. The average Bonchev–Trinajstić information content (AvgIpc) is 2.82. The molecule has 0 fully saturated rings. The van der Waals surface area contributed by atoms with Crippen LogP contribution in [-0.4, -0.2) is 40.4 Å². The molecule has 3 aromatic rings. The van der Waals surface area contributed by atoms with Gasteiger partial charge in [0.15, 0.2) is 11.4 Å². The van der Waals surface area contributed by atoms with E-state index in [1.54, 1.807) is 18.2 Å². The van der Waals surface area contributed by atoms with Crippen LogP contribution in [-0.2, 0) is 0 Å². The van der Waals surface area contributed by atoms with Gasteiger partial charge in [-0.25, -0.2) is 4.39 Å². The van der Waals surface area contributed by atoms with Gasteiger partial charge in [-0.1, -0.05) is 36.4 Å². The molecule has 1 aromatic heterocycles. The minimum absolute atomic E-state index is 0.109. The normalized spacial score (nSPS) is 18.8. The molecule has 3 heterocycles. The molecule has 1 amide bonds. The summed E-state index contributed by atoms with van der Waals surface area (Å²) in [7, 11) is 0. The Hall–Kier alpha value is -4.07. The smallest absolute Gasteiger partial charge is 0.278 e. The molecule has 0 saturated heterocycles. The predicted octanol–water partition coefficient (Wildman–Crippen LogP) is 2.78. The highest BCUT2D eigenvalue weighted by atomic mass is 19.1. The molecule has 0 aliphatic carbocycles. The maximum atomic E-state index is 14.1. The van der Waals surface area contributed by atoms with E-state index in [0.29, 0.717) is 11.3 Å². The number of nitrogens with zero attached hydrogens (tertiary/aromatic N) is 3. The topological polar surface area (TPSA) is 75.0 Å². The van der Waals surface area contributed by atoms with Gasteiger partial charge in [0.2, 0.25) is 5.43 Å². The van der Waals surface area contributed by atoms with Gasteiger partial charge in [0, 0.05) is 30.4 Å². The zero-order valence-electron chi connectivity index (χ0n) is 17.0. The summed E-state index contributed by atoms with van der Waals surface area (Å²) >= 11 is 0. The second-order valence-electron chi connectivity index (χ2n) is 7.61. The lowest BCUT2D eigenvalue weighted by molar-refractivity contribution is 0.0701. The lowest BCUT2D eigenvalue weighted by Gasteiger charge is -2.43. The minimum atomic E-state index is -0.631. The number of ether oxygens (including phenoxy) is 1. The lowest BCUT2D eigenvalue weighted by Crippen LogP contribution is -2.55. The highest BCUT2D eigenvalue weighted by Gasteiger charge is 2.37. The Morgan fingerprint density at radius 2 is 1.84 bits per heavy atom. The van der Waals surface area contributed by atoms with Gasteiger partial charge in [-0.05, 0) is 23.8 Å². The molecule has 0 spiro atoms. The van der Waals surface area contributed by atoms with E-state index in [2.05, 4.69) is 0 Å². The van der Waals surface area contributed by atoms with E-state index in [9.17, 15) is 19.1 Å². The highest BCUT2D eigenvalue weighted by molar-refractivity contribution is 5.96. The van der Waals surface area contributed by atoms with Gasteiger partial charge in [-0.15, -0.1) is 0 Å². The summed E-state index contributed by atoms with van der Waals surface area (Å²) in [5.41, 5.74) is 0.816. The molecule has 1 atom stereocenters. The van der Waals surface area contributed by atoms with Crippen molar-refractivity contribution in [1.82, 2.24) is 9.58 Å². The molecule has 0 saturated carbocycles. The number of benzene rings is 2. The Morgan fingerprint density at radius 1 is 1.03 bits per heavy atom. The number of pyridine rings is 1. The fourth-order valence-corrected chi connectivity index (χ4v) is 4.15. The number of aromatic nitrogens is 1. The number of amides is 1. The van der Waals surface area contributed by atoms with Crippen molar-refractivity contribution in [2.45, 2.75) is 6.04 Å². The van der Waals surface area contributed by atoms with Gasteiger partial charge in [-0.3, -0.25) is 19.3 Å². The lowest BCUT2D eigenvalue weighted by atomic mass is 9.97. The van der Waals surface area contributed by atoms with Crippen molar-refractivity contribution in [3.05, 3.63) is 106 Å². The summed E-state index contributed by atoms with van der Waals surface area (Å²) in [6.45, 7) is 0.637. The van der Waals surface area contributed by atoms with E-state index in [0.717, 1.165) is 5.56 Å². The second-order valence-corrected chi connectivity index (χ2v) is 7.61. The van der Waals surface area contributed by atoms with Crippen LogP contribution in [0.5, 0.6) is 11.5 Å². The maximum absolute atomic E-state index is 14.1. The number of fused-ring (bicyclic) bond motifs is 5. The molecule has 5 rings (SSSR count). The average molecular weight is 433 g/mol. The van der Waals surface area contributed by atoms with Crippen molar-refractivity contribution in [3.8, 4) is 11.5 Å². The molecule has 0 unspecified atom stereocenters. The highest BCUT2D eigenvalue weighted by Crippen LogP contribution is 2.37. The van der Waals surface area contributed by atoms with E-state index < -0.39 is 28.9 Å². The van der Waals surface area contributed by atoms with Gasteiger partial charge in [0.1, 0.15) is 30.9 Å². The van der Waals surface area contributed by atoms with Crippen molar-refractivity contribution < 1.29 is 19.0 Å². The van der Waals surface area contributed by atoms with Crippen LogP contribution in [0.4, 0.5) is 4.39 Å². The van der Waals surface area contributed by atoms with Gasteiger partial charge in [0.25, 0.3) is 5.91 Å². The van der Waals surface area contributed by atoms with Gasteiger partial charge in [0.05, 0.1) is 0 Å². The monoisotopic (exact) mass is 433 g/mol. The van der Waals surface area contributed by atoms with Crippen LogP contribution in [0.15, 0.2) is 77.7 Å². The molecule has 2 aromatic carbocycles. The molecular formula is C24H20FN3O4. The fourth-order valence-electron chi connectivity index (χ4n) is 4.15. The quantitative estimate of drug-likeness (QED) is 0.598. The Balaban J connectivity index is 1.80. The first-order valence-corrected chi connectivity index (χ1v) is 10.2. The van der Waals surface area contributed by atoms with Crippen LogP contribution in [0.2, 0.25) is 0 Å². The number of rotatable bonds is 1. The molecule has 32 heavy (non-hydrogen) atoms. The maximum Gasteiger partial charge on any atom is 0.278 e. The largest absolute Gasteiger partial charge is 0.502 e. The number of halogens is 1. The van der Waals surface area contributed by atoms with E-state index in [4.69, 9.17) is 4.74 Å². The molecule has 0 radical (unpaired) electrons. The van der Waals surface area contributed by atoms with E-state index in [1.807, 2.05) is 35.3 Å². The Bertz CT molecular complexity index is 1270. The predicted molar refractivity (Wildman–Crippen MR) is 116 cm³/mol. The fraction of sp³-hybridized carbons (Fsp3) is 0.167. The van der Waals surface area contributed by atoms with Crippen molar-refractivity contribution in [1.29, 1.82) is 0 Å². The first-order chi connectivity index (χ1) is 15.5. The SMILES string of the molecule is O=C1c2c(O)c(=O)ccn2N2CN1C/C=C\COc1cc(F)ccc1[C@@H]2c1ccccc1. The van der Waals surface area contributed by atoms with Crippen molar-refractivity contribution in [2.24, 2.45) is 0 Å². The zero-order chi connectivity index (χ0) is 22.2. The van der Waals surface area contributed by atoms with Crippen molar-refractivity contribution in [2.75, 3.05) is 24.8 Å². The Kier molecular flexibility index (Phi) is 4.89. The van der Waals surface area contributed by atoms with Gasteiger partial charge >= 0.3 is 0 Å². The Labute approximate surface area is 183 Å². The standard InChI is InChI=1S/C24H20FN3O4/c25-17-8-9-18-20(14-17)32-13-5-4-11-26-15-28(21(18)16-6-2-1-3-7-16)27-12-10-19(29)23(30)22(27)24(26)31/h1-10,12,14,21,30H,11,13,15H2/b5-4-/t21-/m0/s1. The zero-order valence-corrected chi connectivity index (χ0v) is 17.0. The molecule has 7 nitrogen and oxygen atoms in total. The van der Waals surface area contributed by atoms with Crippen LogP contribution >= 0.6 is 0 Å². The van der Waals surface area contributed by atoms with Crippen molar-refractivity contribution >= 4 is 5.91 Å². The molecule has 162 valence electrons. The molecule has 8 heteroatoms. The van der Waals surface area contributed by atoms with Gasteiger partial charge < -0.3 is 14.7 Å². The summed E-state index contributed by atoms with van der Waals surface area (Å²) in [4.78, 5) is 26.8. The number of carbonyl (C=O) groups excluding carboxylic acids is 1. The summed E-state index contributed by atoms with van der Waals surface area (Å²) in [5, 5.41) is 12.4. The molecule has 2 aliphatic heterocycles. The number of hydrogen-bond acceptors (Lipinski definition) is 5. The van der Waals surface area contributed by atoms with E-state index in [1.165, 1.54) is 34.0 Å². The molecule has 1 N–H and O–H groups in total. The molecule has 2 bridgehead atoms. The van der Waals surface area contributed by atoms with Crippen LogP contribution < -0.4 is 15.2 Å². The minimum Gasteiger partial charge on any atom is -0.502 e. The van der Waals surface area contributed by atoms with Crippen LogP contribution in [0, 0.1) is 5.82 Å². The first-order valence-electron chi connectivity index (χ1n) is 10.2. The van der Waals surface area contributed by atoms with Crippen LogP contribution in [0.25, 0.3) is 0 Å². The van der Waals surface area contributed by atoms with E-state index >= 15 is 0 Å². The second kappa shape index (κ2) is 7.88. The first kappa shape index (κ1) is 19.9.